The van der Waals surface area contributed by atoms with Crippen LogP contribution in [0.25, 0.3) is 0 Å². The van der Waals surface area contributed by atoms with E-state index in [1.165, 1.54) is 0 Å². The maximum atomic E-state index is 11.4. The Hall–Kier alpha value is -1.43. The summed E-state index contributed by atoms with van der Waals surface area (Å²) in [6.07, 6.45) is 0. The molecule has 0 aromatic heterocycles. The minimum atomic E-state index is -0.532. The Morgan fingerprint density at radius 1 is 1.40 bits per heavy atom. The summed E-state index contributed by atoms with van der Waals surface area (Å²) < 4.78 is 0. The topological polar surface area (TPSA) is 61.8 Å². The number of carbonyl (C=O) groups is 1. The van der Waals surface area contributed by atoms with E-state index in [2.05, 4.69) is 26.5 Å². The molecular weight excluding hydrogens is 262 g/mol. The first-order chi connectivity index (χ1) is 7.27. The molecule has 0 unspecified atom stereocenters. The fourth-order valence-electron chi connectivity index (χ4n) is 0.969. The first-order valence-electron chi connectivity index (χ1n) is 4.30. The third-order valence-corrected chi connectivity index (χ3v) is 2.01. The number of para-hydroxylation sites is 1. The maximum Gasteiger partial charge on any atom is 0.344 e. The number of nitroso groups, excluding NO2 is 1. The van der Waals surface area contributed by atoms with Crippen LogP contribution in [0, 0.1) is 4.91 Å². The molecule has 0 atom stereocenters. The van der Waals surface area contributed by atoms with Gasteiger partial charge in [0.2, 0.25) is 0 Å². The molecule has 80 valence electrons. The quantitative estimate of drug-likeness (QED) is 0.520. The molecule has 0 aliphatic rings. The highest BCUT2D eigenvalue weighted by Crippen LogP contribution is 2.06. The van der Waals surface area contributed by atoms with Gasteiger partial charge in [-0.25, -0.2) is 4.79 Å². The summed E-state index contributed by atoms with van der Waals surface area (Å²) in [5.41, 5.74) is 0.630. The zero-order chi connectivity index (χ0) is 11.1. The zero-order valence-corrected chi connectivity index (χ0v) is 9.48. The van der Waals surface area contributed by atoms with Crippen LogP contribution in [0.1, 0.15) is 0 Å². The van der Waals surface area contributed by atoms with Crippen LogP contribution in [0.2, 0.25) is 0 Å². The predicted octanol–water partition coefficient (Wildman–Crippen LogP) is 2.60. The second kappa shape index (κ2) is 6.13. The lowest BCUT2D eigenvalue weighted by molar-refractivity contribution is 0.216. The molecule has 0 spiro atoms. The highest BCUT2D eigenvalue weighted by Gasteiger charge is 2.12. The maximum absolute atomic E-state index is 11.4. The highest BCUT2D eigenvalue weighted by molar-refractivity contribution is 9.09. The third-order valence-electron chi connectivity index (χ3n) is 1.65. The summed E-state index contributed by atoms with van der Waals surface area (Å²) in [4.78, 5) is 21.8. The van der Waals surface area contributed by atoms with Gasteiger partial charge in [0.1, 0.15) is 0 Å². The largest absolute Gasteiger partial charge is 0.344 e. The lowest BCUT2D eigenvalue weighted by Crippen LogP contribution is -2.31. The monoisotopic (exact) mass is 271 g/mol. The van der Waals surface area contributed by atoms with Crippen molar-refractivity contribution in [2.45, 2.75) is 0 Å². The van der Waals surface area contributed by atoms with E-state index in [4.69, 9.17) is 0 Å². The lowest BCUT2D eigenvalue weighted by atomic mass is 10.3. The van der Waals surface area contributed by atoms with Gasteiger partial charge in [0.25, 0.3) is 0 Å². The van der Waals surface area contributed by atoms with Crippen molar-refractivity contribution in [3.63, 3.8) is 0 Å². The Kier molecular flexibility index (Phi) is 4.76. The molecule has 2 amide bonds. The average Bonchev–Trinajstić information content (AvgIpc) is 2.27. The number of nitrogens with zero attached hydrogens (tertiary/aromatic N) is 2. The molecule has 0 heterocycles. The van der Waals surface area contributed by atoms with Crippen molar-refractivity contribution in [2.24, 2.45) is 5.29 Å². The number of anilines is 1. The molecule has 1 aromatic carbocycles. The van der Waals surface area contributed by atoms with Crippen LogP contribution in [-0.2, 0) is 0 Å². The number of nitrogens with one attached hydrogen (secondary N) is 1. The molecule has 0 aliphatic carbocycles. The number of carbonyl (C=O) groups excluding carboxylic acids is 1. The Bertz CT molecular complexity index is 331. The van der Waals surface area contributed by atoms with E-state index in [0.29, 0.717) is 11.0 Å². The summed E-state index contributed by atoms with van der Waals surface area (Å²) in [6, 6.07) is 8.35. The van der Waals surface area contributed by atoms with Gasteiger partial charge in [-0.05, 0) is 12.1 Å². The molecule has 0 fully saturated rings. The van der Waals surface area contributed by atoms with Crippen LogP contribution in [0.3, 0.4) is 0 Å². The summed E-state index contributed by atoms with van der Waals surface area (Å²) in [6.45, 7) is 0.238. The second-order valence-electron chi connectivity index (χ2n) is 2.69. The van der Waals surface area contributed by atoms with Crippen LogP contribution in [-0.4, -0.2) is 22.9 Å². The molecule has 1 N–H and O–H groups in total. The third kappa shape index (κ3) is 3.67. The molecule has 5 nitrogen and oxygen atoms in total. The van der Waals surface area contributed by atoms with Gasteiger partial charge in [0.15, 0.2) is 0 Å². The molecule has 0 saturated heterocycles. The van der Waals surface area contributed by atoms with Gasteiger partial charge in [-0.1, -0.05) is 34.1 Å². The molecule has 6 heteroatoms. The first-order valence-corrected chi connectivity index (χ1v) is 5.43. The fraction of sp³-hybridized carbons (Fsp3) is 0.222. The van der Waals surface area contributed by atoms with E-state index in [-0.39, 0.29) is 6.54 Å². The van der Waals surface area contributed by atoms with Crippen molar-refractivity contribution < 1.29 is 4.79 Å². The lowest BCUT2D eigenvalue weighted by Gasteiger charge is -2.12. The van der Waals surface area contributed by atoms with Gasteiger partial charge in [-0.2, -0.15) is 5.01 Å². The Balaban J connectivity index is 2.58. The van der Waals surface area contributed by atoms with E-state index in [1.807, 2.05) is 6.07 Å². The summed E-state index contributed by atoms with van der Waals surface area (Å²) in [5, 5.41) is 6.49. The number of alkyl halides is 1. The number of rotatable bonds is 4. The Morgan fingerprint density at radius 3 is 2.60 bits per heavy atom. The number of halogens is 1. The van der Waals surface area contributed by atoms with E-state index >= 15 is 0 Å². The van der Waals surface area contributed by atoms with Crippen LogP contribution in [0.4, 0.5) is 10.5 Å². The van der Waals surface area contributed by atoms with Crippen molar-refractivity contribution in [1.82, 2.24) is 5.01 Å². The van der Waals surface area contributed by atoms with E-state index in [9.17, 15) is 9.70 Å². The zero-order valence-electron chi connectivity index (χ0n) is 7.89. The Labute approximate surface area is 95.5 Å². The normalized spacial score (nSPS) is 9.40. The average molecular weight is 272 g/mol. The van der Waals surface area contributed by atoms with Gasteiger partial charge in [-0.3, -0.25) is 0 Å². The van der Waals surface area contributed by atoms with Crippen LogP contribution in [0.5, 0.6) is 0 Å². The first kappa shape index (κ1) is 11.6. The Morgan fingerprint density at radius 2 is 2.07 bits per heavy atom. The van der Waals surface area contributed by atoms with Crippen molar-refractivity contribution in [3.05, 3.63) is 35.2 Å². The van der Waals surface area contributed by atoms with Crippen LogP contribution in [0.15, 0.2) is 35.6 Å². The second-order valence-corrected chi connectivity index (χ2v) is 3.48. The molecule has 0 aliphatic heterocycles. The van der Waals surface area contributed by atoms with Crippen molar-refractivity contribution in [1.29, 1.82) is 0 Å². The molecule has 0 bridgehead atoms. The standard InChI is InChI=1S/C9H10BrN3O2/c10-6-7-13(12-15)9(14)11-8-4-2-1-3-5-8/h1-5H,6-7H2,(H,11,14). The van der Waals surface area contributed by atoms with E-state index in [1.54, 1.807) is 24.3 Å². The minimum Gasteiger partial charge on any atom is -0.306 e. The summed E-state index contributed by atoms with van der Waals surface area (Å²) in [5.74, 6) is 0. The van der Waals surface area contributed by atoms with Crippen molar-refractivity contribution >= 4 is 27.6 Å². The predicted molar refractivity (Wildman–Crippen MR) is 61.8 cm³/mol. The highest BCUT2D eigenvalue weighted by atomic mass is 79.9. The van der Waals surface area contributed by atoms with Crippen LogP contribution >= 0.6 is 15.9 Å². The molecule has 1 aromatic rings. The smallest absolute Gasteiger partial charge is 0.306 e. The molecular formula is C9H10BrN3O2. The number of hydrogen-bond donors (Lipinski definition) is 1. The number of amides is 2. The molecule has 15 heavy (non-hydrogen) atoms. The van der Waals surface area contributed by atoms with E-state index in [0.717, 1.165) is 5.01 Å². The fourth-order valence-corrected chi connectivity index (χ4v) is 1.30. The number of hydrogen-bond acceptors (Lipinski definition) is 3. The van der Waals surface area contributed by atoms with Gasteiger partial charge < -0.3 is 5.32 Å². The number of urea groups is 1. The molecule has 0 saturated carbocycles. The number of benzene rings is 1. The molecule has 1 rings (SSSR count). The van der Waals surface area contributed by atoms with Gasteiger partial charge >= 0.3 is 6.03 Å². The van der Waals surface area contributed by atoms with Crippen molar-refractivity contribution in [2.75, 3.05) is 17.2 Å². The van der Waals surface area contributed by atoms with Gasteiger partial charge in [-0.15, -0.1) is 4.91 Å². The van der Waals surface area contributed by atoms with Gasteiger partial charge in [0, 0.05) is 11.0 Å². The van der Waals surface area contributed by atoms with E-state index < -0.39 is 6.03 Å². The summed E-state index contributed by atoms with van der Waals surface area (Å²) >= 11 is 3.12. The van der Waals surface area contributed by atoms with Gasteiger partial charge in [0.05, 0.1) is 11.8 Å². The SMILES string of the molecule is O=NN(CCBr)C(=O)Nc1ccccc1. The summed E-state index contributed by atoms with van der Waals surface area (Å²) in [7, 11) is 0. The van der Waals surface area contributed by atoms with Crippen LogP contribution < -0.4 is 5.32 Å². The van der Waals surface area contributed by atoms with Crippen molar-refractivity contribution in [3.8, 4) is 0 Å². The minimum absolute atomic E-state index is 0.238. The molecule has 0 radical (unpaired) electrons.